The Hall–Kier alpha value is -3.69. The summed E-state index contributed by atoms with van der Waals surface area (Å²) in [5, 5.41) is 9.11. The number of nitrogens with zero attached hydrogens (tertiary/aromatic N) is 2. The van der Waals surface area contributed by atoms with E-state index in [1.807, 2.05) is 13.8 Å². The van der Waals surface area contributed by atoms with Gasteiger partial charge in [-0.05, 0) is 36.2 Å². The van der Waals surface area contributed by atoms with E-state index in [0.717, 1.165) is 12.1 Å². The van der Waals surface area contributed by atoms with Gasteiger partial charge in [0, 0.05) is 11.6 Å². The molecule has 170 valence electrons. The van der Waals surface area contributed by atoms with E-state index in [1.165, 1.54) is 14.2 Å². The number of halogens is 2. The lowest BCUT2D eigenvalue weighted by Crippen LogP contribution is -2.36. The van der Waals surface area contributed by atoms with Crippen LogP contribution in [0, 0.1) is 17.6 Å². The molecule has 10 heteroatoms. The third kappa shape index (κ3) is 5.13. The van der Waals surface area contributed by atoms with E-state index in [0.29, 0.717) is 35.4 Å². The van der Waals surface area contributed by atoms with Gasteiger partial charge in [0.2, 0.25) is 11.7 Å². The van der Waals surface area contributed by atoms with Crippen molar-refractivity contribution < 1.29 is 27.6 Å². The number of benzene rings is 2. The Kier molecular flexibility index (Phi) is 7.24. The van der Waals surface area contributed by atoms with Gasteiger partial charge < -0.3 is 24.6 Å². The molecule has 0 radical (unpaired) electrons. The van der Waals surface area contributed by atoms with E-state index in [2.05, 4.69) is 20.8 Å². The predicted octanol–water partition coefficient (Wildman–Crippen LogP) is 4.94. The van der Waals surface area contributed by atoms with Gasteiger partial charge in [0.1, 0.15) is 17.7 Å². The van der Waals surface area contributed by atoms with E-state index >= 15 is 0 Å². The van der Waals surface area contributed by atoms with Gasteiger partial charge in [-0.25, -0.2) is 13.6 Å². The van der Waals surface area contributed by atoms with E-state index < -0.39 is 23.7 Å². The first-order valence-corrected chi connectivity index (χ1v) is 9.94. The number of ether oxygens (including phenoxy) is 2. The third-order valence-electron chi connectivity index (χ3n) is 5.03. The number of nitrogens with one attached hydrogen (secondary N) is 2. The van der Waals surface area contributed by atoms with Crippen LogP contribution in [0.4, 0.5) is 19.3 Å². The third-order valence-corrected chi connectivity index (χ3v) is 5.03. The highest BCUT2D eigenvalue weighted by Gasteiger charge is 2.27. The Balaban J connectivity index is 1.81. The smallest absolute Gasteiger partial charge is 0.319 e. The van der Waals surface area contributed by atoms with Gasteiger partial charge in [0.25, 0.3) is 0 Å². The molecule has 32 heavy (non-hydrogen) atoms. The number of anilines is 1. The number of methoxy groups -OCH3 is 2. The van der Waals surface area contributed by atoms with E-state index in [9.17, 15) is 13.6 Å². The minimum Gasteiger partial charge on any atom is -0.493 e. The molecule has 0 fully saturated rings. The lowest BCUT2D eigenvalue weighted by atomic mass is 9.99. The first-order valence-electron chi connectivity index (χ1n) is 9.94. The molecule has 2 amide bonds. The lowest BCUT2D eigenvalue weighted by molar-refractivity contribution is 0.232. The van der Waals surface area contributed by atoms with Crippen LogP contribution in [0.2, 0.25) is 0 Å². The molecule has 1 aromatic heterocycles. The number of amides is 2. The number of carbonyl (C=O) groups excluding carboxylic acids is 1. The maximum atomic E-state index is 13.9. The van der Waals surface area contributed by atoms with Crippen molar-refractivity contribution in [2.24, 2.45) is 5.92 Å². The number of aromatic nitrogens is 2. The van der Waals surface area contributed by atoms with Crippen molar-refractivity contribution in [1.82, 2.24) is 15.5 Å². The molecule has 0 saturated heterocycles. The molecule has 2 aromatic carbocycles. The van der Waals surface area contributed by atoms with Gasteiger partial charge in [-0.1, -0.05) is 25.4 Å². The zero-order valence-corrected chi connectivity index (χ0v) is 18.1. The van der Waals surface area contributed by atoms with Gasteiger partial charge in [0.15, 0.2) is 11.5 Å². The van der Waals surface area contributed by atoms with Crippen LogP contribution in [-0.2, 0) is 0 Å². The Morgan fingerprint density at radius 1 is 1.12 bits per heavy atom. The molecule has 2 atom stereocenters. The molecule has 0 aliphatic carbocycles. The quantitative estimate of drug-likeness (QED) is 0.509. The molecule has 8 nitrogen and oxygen atoms in total. The van der Waals surface area contributed by atoms with Crippen molar-refractivity contribution in [3.63, 3.8) is 0 Å². The first kappa shape index (κ1) is 23.0. The Bertz CT molecular complexity index is 1090. The monoisotopic (exact) mass is 446 g/mol. The van der Waals surface area contributed by atoms with Gasteiger partial charge in [-0.2, -0.15) is 4.98 Å². The van der Waals surface area contributed by atoms with Crippen molar-refractivity contribution in [2.75, 3.05) is 19.5 Å². The van der Waals surface area contributed by atoms with Crippen LogP contribution in [0.25, 0.3) is 11.4 Å². The molecule has 1 heterocycles. The van der Waals surface area contributed by atoms with Crippen molar-refractivity contribution in [2.45, 2.75) is 26.3 Å². The second kappa shape index (κ2) is 10.1. The van der Waals surface area contributed by atoms with Crippen molar-refractivity contribution in [1.29, 1.82) is 0 Å². The fourth-order valence-corrected chi connectivity index (χ4v) is 3.03. The largest absolute Gasteiger partial charge is 0.493 e. The molecule has 3 rings (SSSR count). The van der Waals surface area contributed by atoms with E-state index in [-0.39, 0.29) is 17.5 Å². The molecule has 0 spiro atoms. The van der Waals surface area contributed by atoms with E-state index in [4.69, 9.17) is 14.0 Å². The maximum absolute atomic E-state index is 13.9. The minimum absolute atomic E-state index is 0.0717. The van der Waals surface area contributed by atoms with Gasteiger partial charge in [0.05, 0.1) is 19.9 Å². The summed E-state index contributed by atoms with van der Waals surface area (Å²) in [6, 6.07) is 6.75. The number of urea groups is 1. The first-order chi connectivity index (χ1) is 15.4. The van der Waals surface area contributed by atoms with Gasteiger partial charge >= 0.3 is 6.03 Å². The van der Waals surface area contributed by atoms with Crippen LogP contribution in [0.5, 0.6) is 11.5 Å². The summed E-state index contributed by atoms with van der Waals surface area (Å²) in [6.45, 7) is 3.85. The van der Waals surface area contributed by atoms with Crippen molar-refractivity contribution in [3.8, 4) is 22.9 Å². The topological polar surface area (TPSA) is 98.5 Å². The molecule has 0 bridgehead atoms. The summed E-state index contributed by atoms with van der Waals surface area (Å²) in [7, 11) is 3.06. The number of hydrogen-bond donors (Lipinski definition) is 2. The Morgan fingerprint density at radius 2 is 1.88 bits per heavy atom. The van der Waals surface area contributed by atoms with Crippen molar-refractivity contribution in [3.05, 3.63) is 53.9 Å². The summed E-state index contributed by atoms with van der Waals surface area (Å²) < 4.78 is 42.9. The highest BCUT2D eigenvalue weighted by molar-refractivity contribution is 5.89. The molecular formula is C22H24F2N4O4. The standard InChI is InChI=1S/C22H24F2N4O4/c1-5-12(2)19(26-22(29)25-16-8-7-14(23)11-15(16)24)21-27-20(28-32-21)13-6-9-17(30-3)18(10-13)31-4/h6-12,19H,5H2,1-4H3,(H2,25,26,29)/t12-,19-/m0/s1. The molecule has 0 aliphatic rings. The van der Waals surface area contributed by atoms with Crippen LogP contribution in [-0.4, -0.2) is 30.4 Å². The summed E-state index contributed by atoms with van der Waals surface area (Å²) >= 11 is 0. The second-order valence-corrected chi connectivity index (χ2v) is 7.11. The average molecular weight is 446 g/mol. The molecule has 3 aromatic rings. The van der Waals surface area contributed by atoms with E-state index in [1.54, 1.807) is 18.2 Å². The lowest BCUT2D eigenvalue weighted by Gasteiger charge is -2.21. The summed E-state index contributed by atoms with van der Waals surface area (Å²) in [4.78, 5) is 16.9. The second-order valence-electron chi connectivity index (χ2n) is 7.11. The predicted molar refractivity (Wildman–Crippen MR) is 114 cm³/mol. The van der Waals surface area contributed by atoms with Crippen LogP contribution in [0.3, 0.4) is 0 Å². The molecular weight excluding hydrogens is 422 g/mol. The van der Waals surface area contributed by atoms with Crippen LogP contribution in [0.1, 0.15) is 32.2 Å². The average Bonchev–Trinajstić information content (AvgIpc) is 3.28. The minimum atomic E-state index is -0.881. The van der Waals surface area contributed by atoms with Crippen LogP contribution in [0.15, 0.2) is 40.9 Å². The van der Waals surface area contributed by atoms with Gasteiger partial charge in [-0.3, -0.25) is 0 Å². The molecule has 2 N–H and O–H groups in total. The Morgan fingerprint density at radius 3 is 2.53 bits per heavy atom. The summed E-state index contributed by atoms with van der Waals surface area (Å²) in [5.41, 5.74) is 0.488. The zero-order valence-electron chi connectivity index (χ0n) is 18.1. The van der Waals surface area contributed by atoms with Crippen molar-refractivity contribution >= 4 is 11.7 Å². The van der Waals surface area contributed by atoms with Crippen LogP contribution < -0.4 is 20.1 Å². The Labute approximate surface area is 183 Å². The molecule has 0 unspecified atom stereocenters. The fraction of sp³-hybridized carbons (Fsp3) is 0.318. The fourth-order valence-electron chi connectivity index (χ4n) is 3.03. The summed E-state index contributed by atoms with van der Waals surface area (Å²) in [5.74, 6) is -0.122. The number of carbonyl (C=O) groups is 1. The summed E-state index contributed by atoms with van der Waals surface area (Å²) in [6.07, 6.45) is 0.698. The maximum Gasteiger partial charge on any atom is 0.319 e. The molecule has 0 saturated carbocycles. The van der Waals surface area contributed by atoms with Crippen LogP contribution >= 0.6 is 0 Å². The van der Waals surface area contributed by atoms with Gasteiger partial charge in [-0.15, -0.1) is 0 Å². The zero-order chi connectivity index (χ0) is 23.3. The number of rotatable bonds is 8. The SMILES string of the molecule is CC[C@H](C)[C@H](NC(=O)Nc1ccc(F)cc1F)c1nc(-c2ccc(OC)c(OC)c2)no1. The highest BCUT2D eigenvalue weighted by Crippen LogP contribution is 2.32. The highest BCUT2D eigenvalue weighted by atomic mass is 19.1. The number of hydrogen-bond acceptors (Lipinski definition) is 6. The normalized spacial score (nSPS) is 12.7. The molecule has 0 aliphatic heterocycles.